The number of nitrogens with one attached hydrogen (secondary N) is 3. The number of rotatable bonds is 7. The number of hydroxylamine groups is 1. The van der Waals surface area contributed by atoms with Gasteiger partial charge in [0.25, 0.3) is 11.8 Å². The fourth-order valence-electron chi connectivity index (χ4n) is 2.52. The summed E-state index contributed by atoms with van der Waals surface area (Å²) < 4.78 is 24.8. The fourth-order valence-corrected chi connectivity index (χ4v) is 2.95. The summed E-state index contributed by atoms with van der Waals surface area (Å²) in [5, 5.41) is 20.6. The molecule has 0 heterocycles. The van der Waals surface area contributed by atoms with Gasteiger partial charge in [-0.15, -0.1) is 0 Å². The SMILES string of the molecule is C[C@@H](O)[C@H](NC(=O)c1ccc(C#Cc2cccc(CNS(C)(=O)=O)c2)cc1)C(=O)NO. The van der Waals surface area contributed by atoms with Crippen LogP contribution in [-0.4, -0.2) is 48.9 Å². The van der Waals surface area contributed by atoms with Gasteiger partial charge in [0, 0.05) is 23.2 Å². The summed E-state index contributed by atoms with van der Waals surface area (Å²) in [5.41, 5.74) is 3.75. The van der Waals surface area contributed by atoms with E-state index in [9.17, 15) is 23.1 Å². The molecule has 31 heavy (non-hydrogen) atoms. The fraction of sp³-hybridized carbons (Fsp3) is 0.238. The lowest BCUT2D eigenvalue weighted by Crippen LogP contribution is -2.51. The zero-order chi connectivity index (χ0) is 23.0. The molecule has 2 atom stereocenters. The van der Waals surface area contributed by atoms with Gasteiger partial charge in [-0.2, -0.15) is 0 Å². The van der Waals surface area contributed by atoms with E-state index in [1.54, 1.807) is 36.4 Å². The van der Waals surface area contributed by atoms with E-state index in [4.69, 9.17) is 5.21 Å². The highest BCUT2D eigenvalue weighted by Gasteiger charge is 2.25. The van der Waals surface area contributed by atoms with E-state index in [2.05, 4.69) is 21.9 Å². The molecule has 0 bridgehead atoms. The summed E-state index contributed by atoms with van der Waals surface area (Å²) in [4.78, 5) is 23.8. The van der Waals surface area contributed by atoms with Crippen LogP contribution in [0.5, 0.6) is 0 Å². The third-order valence-electron chi connectivity index (χ3n) is 4.13. The molecule has 0 fully saturated rings. The molecule has 2 aromatic carbocycles. The molecule has 0 spiro atoms. The van der Waals surface area contributed by atoms with Crippen molar-refractivity contribution in [1.29, 1.82) is 0 Å². The molecule has 0 aliphatic carbocycles. The molecular formula is C21H23N3O6S. The van der Waals surface area contributed by atoms with Crippen molar-refractivity contribution in [2.75, 3.05) is 6.26 Å². The number of carbonyl (C=O) groups excluding carboxylic acids is 2. The predicted octanol–water partition coefficient (Wildman–Crippen LogP) is 0.120. The van der Waals surface area contributed by atoms with Gasteiger partial charge in [0.2, 0.25) is 10.0 Å². The normalized spacial score (nSPS) is 12.8. The smallest absolute Gasteiger partial charge is 0.268 e. The second-order valence-electron chi connectivity index (χ2n) is 6.79. The highest BCUT2D eigenvalue weighted by molar-refractivity contribution is 7.88. The molecule has 2 amide bonds. The highest BCUT2D eigenvalue weighted by atomic mass is 32.2. The molecule has 0 aliphatic heterocycles. The maximum Gasteiger partial charge on any atom is 0.268 e. The van der Waals surface area contributed by atoms with Gasteiger partial charge in [0.05, 0.1) is 12.4 Å². The standard InChI is InChI=1S/C21H23N3O6S/c1-14(25)19(21(27)24-28)23-20(26)18-10-8-15(9-11-18)6-7-16-4-3-5-17(12-16)13-22-31(2,29)30/h3-5,8-12,14,19,22,25,28H,13H2,1-2H3,(H,23,26)(H,24,27)/t14-,19+/m1/s1. The minimum Gasteiger partial charge on any atom is -0.391 e. The Morgan fingerprint density at radius 3 is 2.29 bits per heavy atom. The molecule has 0 saturated heterocycles. The Morgan fingerprint density at radius 2 is 1.71 bits per heavy atom. The largest absolute Gasteiger partial charge is 0.391 e. The number of hydrogen-bond acceptors (Lipinski definition) is 6. The Balaban J connectivity index is 2.07. The van der Waals surface area contributed by atoms with E-state index in [1.165, 1.54) is 24.5 Å². The van der Waals surface area contributed by atoms with Gasteiger partial charge < -0.3 is 10.4 Å². The summed E-state index contributed by atoms with van der Waals surface area (Å²) >= 11 is 0. The van der Waals surface area contributed by atoms with Gasteiger partial charge in [-0.3, -0.25) is 14.8 Å². The first-order valence-corrected chi connectivity index (χ1v) is 11.1. The van der Waals surface area contributed by atoms with Crippen molar-refractivity contribution in [3.8, 4) is 11.8 Å². The molecule has 0 radical (unpaired) electrons. The Kier molecular flexibility index (Phi) is 8.30. The van der Waals surface area contributed by atoms with Crippen molar-refractivity contribution in [3.63, 3.8) is 0 Å². The van der Waals surface area contributed by atoms with Crippen molar-refractivity contribution < 1.29 is 28.3 Å². The summed E-state index contributed by atoms with van der Waals surface area (Å²) in [6.07, 6.45) is -0.114. The van der Waals surface area contributed by atoms with E-state index in [-0.39, 0.29) is 12.1 Å². The molecule has 10 heteroatoms. The van der Waals surface area contributed by atoms with Crippen LogP contribution in [0.2, 0.25) is 0 Å². The monoisotopic (exact) mass is 445 g/mol. The van der Waals surface area contributed by atoms with Crippen LogP contribution in [0.1, 0.15) is 34.0 Å². The van der Waals surface area contributed by atoms with Gasteiger partial charge >= 0.3 is 0 Å². The van der Waals surface area contributed by atoms with Gasteiger partial charge in [0.15, 0.2) is 0 Å². The quantitative estimate of drug-likeness (QED) is 0.233. The van der Waals surface area contributed by atoms with Crippen LogP contribution in [0.15, 0.2) is 48.5 Å². The molecule has 0 unspecified atom stereocenters. The van der Waals surface area contributed by atoms with E-state index in [1.807, 2.05) is 0 Å². The van der Waals surface area contributed by atoms with Gasteiger partial charge in [-0.05, 0) is 48.9 Å². The number of aliphatic hydroxyl groups excluding tert-OH is 1. The van der Waals surface area contributed by atoms with E-state index in [0.29, 0.717) is 11.1 Å². The second-order valence-corrected chi connectivity index (χ2v) is 8.62. The Bertz CT molecular complexity index is 1100. The van der Waals surface area contributed by atoms with Gasteiger partial charge in [0.1, 0.15) is 6.04 Å². The predicted molar refractivity (Wildman–Crippen MR) is 113 cm³/mol. The summed E-state index contributed by atoms with van der Waals surface area (Å²) in [5.74, 6) is 4.40. The molecule has 9 nitrogen and oxygen atoms in total. The van der Waals surface area contributed by atoms with E-state index in [0.717, 1.165) is 11.8 Å². The minimum atomic E-state index is -3.29. The summed E-state index contributed by atoms with van der Waals surface area (Å²) in [7, 11) is -3.29. The summed E-state index contributed by atoms with van der Waals surface area (Å²) in [6.45, 7) is 1.48. The van der Waals surface area contributed by atoms with Crippen molar-refractivity contribution in [2.45, 2.75) is 25.6 Å². The molecule has 164 valence electrons. The van der Waals surface area contributed by atoms with Crippen LogP contribution in [0, 0.1) is 11.8 Å². The van der Waals surface area contributed by atoms with Crippen LogP contribution in [0.4, 0.5) is 0 Å². The van der Waals surface area contributed by atoms with Crippen LogP contribution in [0.25, 0.3) is 0 Å². The first-order chi connectivity index (χ1) is 14.6. The highest BCUT2D eigenvalue weighted by Crippen LogP contribution is 2.07. The number of amides is 2. The third kappa shape index (κ3) is 7.84. The van der Waals surface area contributed by atoms with Crippen molar-refractivity contribution in [3.05, 3.63) is 70.8 Å². The van der Waals surface area contributed by atoms with Gasteiger partial charge in [-0.1, -0.05) is 24.0 Å². The average molecular weight is 445 g/mol. The molecule has 0 aromatic heterocycles. The second kappa shape index (κ2) is 10.7. The maximum atomic E-state index is 12.3. The van der Waals surface area contributed by atoms with E-state index >= 15 is 0 Å². The zero-order valence-corrected chi connectivity index (χ0v) is 17.7. The number of benzene rings is 2. The first-order valence-electron chi connectivity index (χ1n) is 9.17. The molecule has 5 N–H and O–H groups in total. The van der Waals surface area contributed by atoms with Crippen LogP contribution < -0.4 is 15.5 Å². The zero-order valence-electron chi connectivity index (χ0n) is 16.9. The lowest BCUT2D eigenvalue weighted by atomic mass is 10.1. The molecular weight excluding hydrogens is 422 g/mol. The molecule has 0 aliphatic rings. The molecule has 0 saturated carbocycles. The number of carbonyl (C=O) groups is 2. The number of sulfonamides is 1. The minimum absolute atomic E-state index is 0.167. The lowest BCUT2D eigenvalue weighted by Gasteiger charge is -2.19. The lowest BCUT2D eigenvalue weighted by molar-refractivity contribution is -0.133. The van der Waals surface area contributed by atoms with Gasteiger partial charge in [-0.25, -0.2) is 18.6 Å². The summed E-state index contributed by atoms with van der Waals surface area (Å²) in [6, 6.07) is 12.1. The van der Waals surface area contributed by atoms with E-state index < -0.39 is 34.0 Å². The van der Waals surface area contributed by atoms with Crippen molar-refractivity contribution >= 4 is 21.8 Å². The third-order valence-corrected chi connectivity index (χ3v) is 4.79. The first kappa shape index (κ1) is 24.0. The average Bonchev–Trinajstić information content (AvgIpc) is 2.74. The van der Waals surface area contributed by atoms with Crippen LogP contribution in [-0.2, 0) is 21.4 Å². The number of aliphatic hydroxyl groups is 1. The maximum absolute atomic E-state index is 12.3. The number of hydrogen-bond donors (Lipinski definition) is 5. The van der Waals surface area contributed by atoms with Crippen molar-refractivity contribution in [2.24, 2.45) is 0 Å². The Labute approximate surface area is 180 Å². The Morgan fingerprint density at radius 1 is 1.06 bits per heavy atom. The van der Waals surface area contributed by atoms with Crippen LogP contribution >= 0.6 is 0 Å². The molecule has 2 rings (SSSR count). The molecule has 2 aromatic rings. The topological polar surface area (TPSA) is 145 Å². The van der Waals surface area contributed by atoms with Crippen molar-refractivity contribution in [1.82, 2.24) is 15.5 Å². The Hall–Kier alpha value is -3.23. The van der Waals surface area contributed by atoms with Crippen LogP contribution in [0.3, 0.4) is 0 Å².